The molecule has 0 bridgehead atoms. The molecule has 0 aromatic heterocycles. The molecule has 0 aliphatic rings. The molecule has 2 N–H and O–H groups in total. The van der Waals surface area contributed by atoms with Crippen molar-refractivity contribution >= 4 is 17.6 Å². The van der Waals surface area contributed by atoms with Crippen LogP contribution in [0.2, 0.25) is 0 Å². The lowest BCUT2D eigenvalue weighted by Gasteiger charge is -2.15. The molecule has 0 aliphatic carbocycles. The molecule has 5 nitrogen and oxygen atoms in total. The highest BCUT2D eigenvalue weighted by molar-refractivity contribution is 5.98. The van der Waals surface area contributed by atoms with Crippen molar-refractivity contribution in [3.8, 4) is 5.75 Å². The number of hydrogen-bond acceptors (Lipinski definition) is 4. The summed E-state index contributed by atoms with van der Waals surface area (Å²) in [6, 6.07) is 9.69. The second kappa shape index (κ2) is 7.25. The largest absolute Gasteiger partial charge is 0.507 e. The van der Waals surface area contributed by atoms with E-state index in [1.807, 2.05) is 0 Å². The number of aromatic hydroxyl groups is 1. The Bertz CT molecular complexity index is 789. The van der Waals surface area contributed by atoms with E-state index in [0.717, 1.165) is 18.2 Å². The second-order valence-corrected chi connectivity index (χ2v) is 5.13. The van der Waals surface area contributed by atoms with Crippen LogP contribution < -0.4 is 5.32 Å². The van der Waals surface area contributed by atoms with Gasteiger partial charge in [-0.05, 0) is 37.3 Å². The molecule has 0 heterocycles. The maximum Gasteiger partial charge on any atom is 0.416 e. The lowest BCUT2D eigenvalue weighted by molar-refractivity contribution is -0.137. The van der Waals surface area contributed by atoms with Crippen LogP contribution in [0.3, 0.4) is 0 Å². The van der Waals surface area contributed by atoms with Gasteiger partial charge in [0.2, 0.25) is 0 Å². The van der Waals surface area contributed by atoms with Crippen LogP contribution in [0.1, 0.15) is 22.8 Å². The van der Waals surface area contributed by atoms with E-state index >= 15 is 0 Å². The molecule has 1 amide bonds. The van der Waals surface area contributed by atoms with Gasteiger partial charge in [-0.1, -0.05) is 18.2 Å². The van der Waals surface area contributed by atoms with Gasteiger partial charge in [-0.3, -0.25) is 4.79 Å². The molecular formula is C17H14F3NO4. The SMILES string of the molecule is C[C@@H](OC(=O)c1ccccc1O)C(=O)Nc1cccc(C(F)(F)F)c1. The minimum atomic E-state index is -4.54. The van der Waals surface area contributed by atoms with Gasteiger partial charge in [0.25, 0.3) is 5.91 Å². The van der Waals surface area contributed by atoms with Crippen molar-refractivity contribution in [3.05, 3.63) is 59.7 Å². The minimum absolute atomic E-state index is 0.0784. The van der Waals surface area contributed by atoms with Crippen LogP contribution in [-0.4, -0.2) is 23.1 Å². The Labute approximate surface area is 141 Å². The number of phenols is 1. The predicted molar refractivity (Wildman–Crippen MR) is 83.1 cm³/mol. The van der Waals surface area contributed by atoms with E-state index in [1.54, 1.807) is 0 Å². The van der Waals surface area contributed by atoms with Crippen molar-refractivity contribution in [1.29, 1.82) is 0 Å². The van der Waals surface area contributed by atoms with E-state index in [9.17, 15) is 27.9 Å². The molecule has 0 saturated carbocycles. The highest BCUT2D eigenvalue weighted by atomic mass is 19.4. The first-order chi connectivity index (χ1) is 11.7. The number of anilines is 1. The van der Waals surface area contributed by atoms with Crippen LogP contribution in [0.4, 0.5) is 18.9 Å². The fourth-order valence-electron chi connectivity index (χ4n) is 1.94. The normalized spacial score (nSPS) is 12.3. The molecule has 1 atom stereocenters. The molecular weight excluding hydrogens is 339 g/mol. The first-order valence-electron chi connectivity index (χ1n) is 7.15. The Morgan fingerprint density at radius 3 is 2.44 bits per heavy atom. The predicted octanol–water partition coefficient (Wildman–Crippen LogP) is 3.60. The zero-order valence-electron chi connectivity index (χ0n) is 13.0. The van der Waals surface area contributed by atoms with Gasteiger partial charge in [0.1, 0.15) is 11.3 Å². The molecule has 0 fully saturated rings. The third kappa shape index (κ3) is 4.72. The summed E-state index contributed by atoms with van der Waals surface area (Å²) in [6.07, 6.45) is -5.81. The molecule has 2 rings (SSSR count). The fraction of sp³-hybridized carbons (Fsp3) is 0.176. The van der Waals surface area contributed by atoms with Crippen LogP contribution in [0.25, 0.3) is 0 Å². The van der Waals surface area contributed by atoms with Crippen LogP contribution in [-0.2, 0) is 15.7 Å². The Hall–Kier alpha value is -3.03. The summed E-state index contributed by atoms with van der Waals surface area (Å²) in [5, 5.41) is 11.8. The summed E-state index contributed by atoms with van der Waals surface area (Å²) in [6.45, 7) is 1.26. The van der Waals surface area contributed by atoms with E-state index in [-0.39, 0.29) is 17.0 Å². The van der Waals surface area contributed by atoms with E-state index in [0.29, 0.717) is 0 Å². The lowest BCUT2D eigenvalue weighted by atomic mass is 10.2. The number of nitrogens with one attached hydrogen (secondary N) is 1. The van der Waals surface area contributed by atoms with E-state index in [1.165, 1.54) is 37.3 Å². The number of benzene rings is 2. The Morgan fingerprint density at radius 2 is 1.80 bits per heavy atom. The van der Waals surface area contributed by atoms with Crippen molar-refractivity contribution in [2.24, 2.45) is 0 Å². The molecule has 132 valence electrons. The molecule has 2 aromatic carbocycles. The summed E-state index contributed by atoms with van der Waals surface area (Å²) in [5.74, 6) is -2.04. The van der Waals surface area contributed by atoms with E-state index < -0.39 is 29.7 Å². The summed E-state index contributed by atoms with van der Waals surface area (Å²) in [7, 11) is 0. The smallest absolute Gasteiger partial charge is 0.416 e. The number of carbonyl (C=O) groups is 2. The quantitative estimate of drug-likeness (QED) is 0.824. The molecule has 0 radical (unpaired) electrons. The van der Waals surface area contributed by atoms with Crippen molar-refractivity contribution in [2.45, 2.75) is 19.2 Å². The molecule has 0 unspecified atom stereocenters. The Morgan fingerprint density at radius 1 is 1.12 bits per heavy atom. The molecule has 8 heteroatoms. The Kier molecular flexibility index (Phi) is 5.31. The van der Waals surface area contributed by atoms with E-state index in [4.69, 9.17) is 4.74 Å². The monoisotopic (exact) mass is 353 g/mol. The van der Waals surface area contributed by atoms with Gasteiger partial charge in [-0.15, -0.1) is 0 Å². The molecule has 2 aromatic rings. The van der Waals surface area contributed by atoms with Gasteiger partial charge in [0, 0.05) is 5.69 Å². The number of hydrogen-bond donors (Lipinski definition) is 2. The van der Waals surface area contributed by atoms with Gasteiger partial charge in [0.15, 0.2) is 6.10 Å². The first kappa shape index (κ1) is 18.3. The molecule has 0 aliphatic heterocycles. The second-order valence-electron chi connectivity index (χ2n) is 5.13. The number of amides is 1. The summed E-state index contributed by atoms with van der Waals surface area (Å²) in [5.41, 5.74) is -1.12. The van der Waals surface area contributed by atoms with Gasteiger partial charge < -0.3 is 15.2 Å². The van der Waals surface area contributed by atoms with Gasteiger partial charge in [-0.2, -0.15) is 13.2 Å². The van der Waals surface area contributed by atoms with Crippen molar-refractivity contribution in [1.82, 2.24) is 0 Å². The molecule has 25 heavy (non-hydrogen) atoms. The maximum absolute atomic E-state index is 12.7. The van der Waals surface area contributed by atoms with Gasteiger partial charge in [-0.25, -0.2) is 4.79 Å². The highest BCUT2D eigenvalue weighted by Gasteiger charge is 2.30. The lowest BCUT2D eigenvalue weighted by Crippen LogP contribution is -2.30. The number of halogens is 3. The van der Waals surface area contributed by atoms with E-state index in [2.05, 4.69) is 5.32 Å². The summed E-state index contributed by atoms with van der Waals surface area (Å²) >= 11 is 0. The topological polar surface area (TPSA) is 75.6 Å². The van der Waals surface area contributed by atoms with Crippen LogP contribution >= 0.6 is 0 Å². The van der Waals surface area contributed by atoms with Gasteiger partial charge in [0.05, 0.1) is 5.56 Å². The number of esters is 1. The Balaban J connectivity index is 2.04. The van der Waals surface area contributed by atoms with Crippen molar-refractivity contribution in [2.75, 3.05) is 5.32 Å². The number of alkyl halides is 3. The van der Waals surface area contributed by atoms with Crippen molar-refractivity contribution in [3.63, 3.8) is 0 Å². The third-order valence-electron chi connectivity index (χ3n) is 3.23. The van der Waals surface area contributed by atoms with Crippen LogP contribution in [0, 0.1) is 0 Å². The van der Waals surface area contributed by atoms with Crippen LogP contribution in [0.5, 0.6) is 5.75 Å². The third-order valence-corrected chi connectivity index (χ3v) is 3.23. The number of ether oxygens (including phenoxy) is 1. The van der Waals surface area contributed by atoms with Crippen LogP contribution in [0.15, 0.2) is 48.5 Å². The maximum atomic E-state index is 12.7. The summed E-state index contributed by atoms with van der Waals surface area (Å²) < 4.78 is 42.9. The standard InChI is InChI=1S/C17H14F3NO4/c1-10(25-16(24)13-7-2-3-8-14(13)22)15(23)21-12-6-4-5-11(9-12)17(18,19)20/h2-10,22H,1H3,(H,21,23)/t10-/m1/s1. The minimum Gasteiger partial charge on any atom is -0.507 e. The fourth-order valence-corrected chi connectivity index (χ4v) is 1.94. The number of rotatable bonds is 4. The molecule has 0 spiro atoms. The van der Waals surface area contributed by atoms with Gasteiger partial charge >= 0.3 is 12.1 Å². The zero-order valence-corrected chi connectivity index (χ0v) is 13.0. The highest BCUT2D eigenvalue weighted by Crippen LogP contribution is 2.30. The van der Waals surface area contributed by atoms with Crippen molar-refractivity contribution < 1.29 is 32.6 Å². The number of carbonyl (C=O) groups excluding carboxylic acids is 2. The summed E-state index contributed by atoms with van der Waals surface area (Å²) in [4.78, 5) is 23.9. The first-order valence-corrected chi connectivity index (χ1v) is 7.15. The zero-order chi connectivity index (χ0) is 18.6. The average molecular weight is 353 g/mol. The molecule has 0 saturated heterocycles. The number of phenolic OH excluding ortho intramolecular Hbond substituents is 1. The number of para-hydroxylation sites is 1. The average Bonchev–Trinajstić information content (AvgIpc) is 2.54.